The van der Waals surface area contributed by atoms with E-state index < -0.39 is 36.6 Å². The summed E-state index contributed by atoms with van der Waals surface area (Å²) in [5, 5.41) is 0. The lowest BCUT2D eigenvalue weighted by molar-refractivity contribution is -0.439. The van der Waals surface area contributed by atoms with Crippen LogP contribution in [-0.4, -0.2) is 36.5 Å². The largest absolute Gasteiger partial charge is 0.465 e. The highest BCUT2D eigenvalue weighted by Gasteiger charge is 2.80. The molecule has 17 heavy (non-hydrogen) atoms. The van der Waals surface area contributed by atoms with E-state index in [1.165, 1.54) is 0 Å². The van der Waals surface area contributed by atoms with Crippen molar-refractivity contribution in [3.05, 3.63) is 0 Å². The van der Waals surface area contributed by atoms with Crippen molar-refractivity contribution in [2.75, 3.05) is 0 Å². The minimum atomic E-state index is -5.99. The fourth-order valence-corrected chi connectivity index (χ4v) is 1.12. The van der Waals surface area contributed by atoms with Gasteiger partial charge in [0.1, 0.15) is 6.29 Å². The van der Waals surface area contributed by atoms with Crippen LogP contribution in [-0.2, 0) is 19.1 Å². The van der Waals surface area contributed by atoms with Crippen molar-refractivity contribution in [1.29, 1.82) is 0 Å². The molecule has 1 rings (SSSR count). The van der Waals surface area contributed by atoms with Gasteiger partial charge in [0, 0.05) is 6.42 Å². The monoisotopic (exact) mass is 266 g/mol. The fourth-order valence-electron chi connectivity index (χ4n) is 1.12. The van der Waals surface area contributed by atoms with Gasteiger partial charge in [-0.15, -0.1) is 0 Å². The second-order valence-electron chi connectivity index (χ2n) is 3.04. The first-order valence-corrected chi connectivity index (χ1v) is 4.03. The Labute approximate surface area is 89.5 Å². The van der Waals surface area contributed by atoms with Gasteiger partial charge in [0.15, 0.2) is 6.10 Å². The number of carbonyl (C=O) groups excluding carboxylic acids is 2. The molecule has 0 bridgehead atoms. The molecule has 1 saturated heterocycles. The molecule has 0 aromatic carbocycles. The van der Waals surface area contributed by atoms with Gasteiger partial charge in [0.05, 0.1) is 0 Å². The third kappa shape index (κ3) is 2.08. The number of esters is 1. The summed E-state index contributed by atoms with van der Waals surface area (Å²) in [6.45, 7) is 0. The Morgan fingerprint density at radius 3 is 1.94 bits per heavy atom. The summed E-state index contributed by atoms with van der Waals surface area (Å²) in [4.78, 5) is 20.7. The Kier molecular flexibility index (Phi) is 3.12. The second-order valence-corrected chi connectivity index (χ2v) is 3.04. The van der Waals surface area contributed by atoms with Crippen LogP contribution in [0.1, 0.15) is 6.42 Å². The average Bonchev–Trinajstić information content (AvgIpc) is 2.43. The van der Waals surface area contributed by atoms with Crippen LogP contribution in [0.25, 0.3) is 0 Å². The molecule has 10 heteroatoms. The molecule has 1 aliphatic rings. The lowest BCUT2D eigenvalue weighted by atomic mass is 10.2. The summed E-state index contributed by atoms with van der Waals surface area (Å²) >= 11 is 0. The lowest BCUT2D eigenvalue weighted by Crippen LogP contribution is -2.58. The number of halogens is 6. The molecule has 0 radical (unpaired) electrons. The molecule has 0 N–H and O–H groups in total. The molecule has 1 aliphatic heterocycles. The van der Waals surface area contributed by atoms with Crippen LogP contribution < -0.4 is 0 Å². The van der Waals surface area contributed by atoms with Crippen LogP contribution in [0.15, 0.2) is 0 Å². The molecule has 0 aromatic rings. The maximum absolute atomic E-state index is 12.3. The molecule has 0 aliphatic carbocycles. The summed E-state index contributed by atoms with van der Waals surface area (Å²) in [6.07, 6.45) is -15.2. The molecular weight excluding hydrogens is 262 g/mol. The predicted molar refractivity (Wildman–Crippen MR) is 36.5 cm³/mol. The molecule has 98 valence electrons. The number of hydrogen-bond acceptors (Lipinski definition) is 4. The van der Waals surface area contributed by atoms with Crippen LogP contribution in [0, 0.1) is 0 Å². The van der Waals surface area contributed by atoms with Crippen molar-refractivity contribution in [1.82, 2.24) is 0 Å². The number of cyclic esters (lactones) is 1. The topological polar surface area (TPSA) is 52.6 Å². The number of rotatable bonds is 2. The first-order valence-electron chi connectivity index (χ1n) is 4.03. The van der Waals surface area contributed by atoms with E-state index in [1.807, 2.05) is 0 Å². The van der Waals surface area contributed by atoms with Gasteiger partial charge >= 0.3 is 24.1 Å². The highest BCUT2D eigenvalue weighted by atomic mass is 19.4. The number of carbonyl (C=O) groups is 2. The van der Waals surface area contributed by atoms with E-state index in [4.69, 9.17) is 0 Å². The third-order valence-corrected chi connectivity index (χ3v) is 1.87. The van der Waals surface area contributed by atoms with E-state index in [2.05, 4.69) is 9.47 Å². The van der Waals surface area contributed by atoms with Crippen molar-refractivity contribution in [2.45, 2.75) is 30.7 Å². The molecule has 0 aromatic heterocycles. The van der Waals surface area contributed by atoms with E-state index in [9.17, 15) is 35.9 Å². The molecule has 0 spiro atoms. The maximum atomic E-state index is 12.3. The van der Waals surface area contributed by atoms with Crippen molar-refractivity contribution in [3.63, 3.8) is 0 Å². The highest BCUT2D eigenvalue weighted by Crippen LogP contribution is 2.50. The first kappa shape index (κ1) is 13.7. The number of ether oxygens (including phenoxy) is 2. The van der Waals surface area contributed by atoms with Gasteiger partial charge in [-0.25, -0.2) is 4.79 Å². The zero-order valence-corrected chi connectivity index (χ0v) is 7.76. The van der Waals surface area contributed by atoms with Gasteiger partial charge in [0.25, 0.3) is 0 Å². The zero-order chi connectivity index (χ0) is 13.5. The van der Waals surface area contributed by atoms with E-state index in [1.54, 1.807) is 0 Å². The normalized spacial score (nSPS) is 24.6. The first-order chi connectivity index (χ1) is 7.55. The van der Waals surface area contributed by atoms with Gasteiger partial charge in [0.2, 0.25) is 0 Å². The average molecular weight is 266 g/mol. The molecule has 0 amide bonds. The van der Waals surface area contributed by atoms with Gasteiger partial charge in [-0.1, -0.05) is 0 Å². The van der Waals surface area contributed by atoms with Crippen LogP contribution in [0.3, 0.4) is 0 Å². The van der Waals surface area contributed by atoms with Crippen molar-refractivity contribution in [2.24, 2.45) is 0 Å². The lowest BCUT2D eigenvalue weighted by Gasteiger charge is -2.30. The smallest absolute Gasteiger partial charge is 0.414 e. The quantitative estimate of drug-likeness (QED) is 0.430. The third-order valence-electron chi connectivity index (χ3n) is 1.87. The van der Waals surface area contributed by atoms with Crippen LogP contribution >= 0.6 is 0 Å². The minimum Gasteiger partial charge on any atom is -0.414 e. The van der Waals surface area contributed by atoms with Crippen molar-refractivity contribution >= 4 is 12.3 Å². The SMILES string of the molecule is O=CC[C@@H]1OC(C(F)(F)F)(C(F)(F)F)OC1=O. The molecule has 1 atom stereocenters. The summed E-state index contributed by atoms with van der Waals surface area (Å²) in [7, 11) is 0. The Hall–Kier alpha value is -1.32. The van der Waals surface area contributed by atoms with E-state index in [0.717, 1.165) is 0 Å². The van der Waals surface area contributed by atoms with E-state index in [0.29, 0.717) is 0 Å². The number of alkyl halides is 6. The van der Waals surface area contributed by atoms with Gasteiger partial charge in [-0.3, -0.25) is 0 Å². The van der Waals surface area contributed by atoms with E-state index >= 15 is 0 Å². The Bertz CT molecular complexity index is 318. The summed E-state index contributed by atoms with van der Waals surface area (Å²) < 4.78 is 80.6. The standard InChI is InChI=1S/C7H4F6O4/c8-6(9,10)5(7(11,12)13)16-3(1-2-14)4(15)17-5/h2-3H,1H2/t3-/m0/s1. The summed E-state index contributed by atoms with van der Waals surface area (Å²) in [5.74, 6) is -6.88. The van der Waals surface area contributed by atoms with Crippen LogP contribution in [0.4, 0.5) is 26.3 Å². The van der Waals surface area contributed by atoms with Gasteiger partial charge in [-0.2, -0.15) is 26.3 Å². The Morgan fingerprint density at radius 1 is 1.18 bits per heavy atom. The van der Waals surface area contributed by atoms with Gasteiger partial charge in [-0.05, 0) is 0 Å². The highest BCUT2D eigenvalue weighted by molar-refractivity contribution is 5.79. The summed E-state index contributed by atoms with van der Waals surface area (Å²) in [6, 6.07) is 0. The summed E-state index contributed by atoms with van der Waals surface area (Å²) in [5.41, 5.74) is 0. The molecule has 0 unspecified atom stereocenters. The molecule has 0 saturated carbocycles. The number of hydrogen-bond donors (Lipinski definition) is 0. The van der Waals surface area contributed by atoms with Crippen LogP contribution in [0.5, 0.6) is 0 Å². The zero-order valence-electron chi connectivity index (χ0n) is 7.76. The van der Waals surface area contributed by atoms with Crippen molar-refractivity contribution in [3.8, 4) is 0 Å². The number of aldehydes is 1. The minimum absolute atomic E-state index is 0.0469. The van der Waals surface area contributed by atoms with Crippen molar-refractivity contribution < 1.29 is 45.4 Å². The Balaban J connectivity index is 3.14. The van der Waals surface area contributed by atoms with Crippen LogP contribution in [0.2, 0.25) is 0 Å². The molecule has 1 heterocycles. The molecular formula is C7H4F6O4. The predicted octanol–water partition coefficient (Wildman–Crippen LogP) is 1.34. The van der Waals surface area contributed by atoms with Gasteiger partial charge < -0.3 is 14.3 Å². The maximum Gasteiger partial charge on any atom is 0.465 e. The Morgan fingerprint density at radius 2 is 1.65 bits per heavy atom. The van der Waals surface area contributed by atoms with E-state index in [-0.39, 0.29) is 6.29 Å². The fraction of sp³-hybridized carbons (Fsp3) is 0.714. The second kappa shape index (κ2) is 3.86. The molecule has 4 nitrogen and oxygen atoms in total. The molecule has 1 fully saturated rings.